The lowest BCUT2D eigenvalue weighted by molar-refractivity contribution is -0.112. The number of hydrogen-bond acceptors (Lipinski definition) is 2. The van der Waals surface area contributed by atoms with Gasteiger partial charge in [-0.3, -0.25) is 4.79 Å². The first-order valence-corrected chi connectivity index (χ1v) is 5.77. The summed E-state index contributed by atoms with van der Waals surface area (Å²) in [6.45, 7) is 5.40. The van der Waals surface area contributed by atoms with Gasteiger partial charge in [0.1, 0.15) is 0 Å². The van der Waals surface area contributed by atoms with Crippen LogP contribution in [-0.4, -0.2) is 17.0 Å². The van der Waals surface area contributed by atoms with Crippen LogP contribution in [0.2, 0.25) is 0 Å². The Morgan fingerprint density at radius 3 is 2.61 bits per heavy atom. The number of amides is 1. The highest BCUT2D eigenvalue weighted by Gasteiger charge is 2.10. The van der Waals surface area contributed by atoms with E-state index >= 15 is 0 Å². The minimum Gasteiger partial charge on any atom is -0.478 e. The Morgan fingerprint density at radius 1 is 1.39 bits per heavy atom. The molecule has 2 N–H and O–H groups in total. The Balaban J connectivity index is 2.93. The van der Waals surface area contributed by atoms with Gasteiger partial charge in [0.2, 0.25) is 0 Å². The van der Waals surface area contributed by atoms with Gasteiger partial charge < -0.3 is 10.4 Å². The van der Waals surface area contributed by atoms with Crippen molar-refractivity contribution in [2.45, 2.75) is 27.2 Å². The van der Waals surface area contributed by atoms with Gasteiger partial charge >= 0.3 is 5.97 Å². The van der Waals surface area contributed by atoms with Crippen LogP contribution in [0, 0.1) is 6.92 Å². The number of hydrogen-bond donors (Lipinski definition) is 2. The third kappa shape index (κ3) is 3.45. The molecule has 0 radical (unpaired) electrons. The fourth-order valence-electron chi connectivity index (χ4n) is 1.56. The maximum Gasteiger partial charge on any atom is 0.336 e. The number of allylic oxidation sites excluding steroid dienone is 1. The molecule has 0 aliphatic heterocycles. The van der Waals surface area contributed by atoms with Crippen LogP contribution in [0.5, 0.6) is 0 Å². The Labute approximate surface area is 106 Å². The van der Waals surface area contributed by atoms with Gasteiger partial charge in [-0.15, -0.1) is 0 Å². The lowest BCUT2D eigenvalue weighted by atomic mass is 10.1. The monoisotopic (exact) mass is 247 g/mol. The number of rotatable bonds is 4. The van der Waals surface area contributed by atoms with Crippen LogP contribution in [0.3, 0.4) is 0 Å². The molecule has 0 heterocycles. The van der Waals surface area contributed by atoms with Crippen LogP contribution in [-0.2, 0) is 4.79 Å². The van der Waals surface area contributed by atoms with E-state index in [0.29, 0.717) is 16.8 Å². The van der Waals surface area contributed by atoms with E-state index in [9.17, 15) is 9.59 Å². The minimum atomic E-state index is -0.996. The minimum absolute atomic E-state index is 0.199. The summed E-state index contributed by atoms with van der Waals surface area (Å²) in [6, 6.07) is 4.84. The second-order valence-corrected chi connectivity index (χ2v) is 4.08. The van der Waals surface area contributed by atoms with E-state index in [0.717, 1.165) is 6.42 Å². The highest BCUT2D eigenvalue weighted by Crippen LogP contribution is 2.16. The first-order valence-electron chi connectivity index (χ1n) is 5.77. The lowest BCUT2D eigenvalue weighted by Gasteiger charge is -2.08. The molecule has 1 aromatic carbocycles. The molecule has 18 heavy (non-hydrogen) atoms. The summed E-state index contributed by atoms with van der Waals surface area (Å²) < 4.78 is 0. The number of carbonyl (C=O) groups is 2. The van der Waals surface area contributed by atoms with Gasteiger partial charge in [-0.1, -0.05) is 19.1 Å². The van der Waals surface area contributed by atoms with Crippen molar-refractivity contribution in [1.29, 1.82) is 0 Å². The molecular weight excluding hydrogens is 230 g/mol. The summed E-state index contributed by atoms with van der Waals surface area (Å²) in [5.41, 5.74) is 1.98. The van der Waals surface area contributed by atoms with E-state index in [1.165, 1.54) is 6.07 Å². The molecule has 4 nitrogen and oxygen atoms in total. The first kappa shape index (κ1) is 14.0. The van der Waals surface area contributed by atoms with E-state index in [2.05, 4.69) is 5.32 Å². The van der Waals surface area contributed by atoms with Crippen molar-refractivity contribution in [2.75, 3.05) is 5.32 Å². The number of aryl methyl sites for hydroxylation is 1. The summed E-state index contributed by atoms with van der Waals surface area (Å²) in [6.07, 6.45) is 2.61. The van der Waals surface area contributed by atoms with Crippen molar-refractivity contribution < 1.29 is 14.7 Å². The quantitative estimate of drug-likeness (QED) is 0.804. The number of anilines is 1. The van der Waals surface area contributed by atoms with Crippen molar-refractivity contribution in [1.82, 2.24) is 0 Å². The molecular formula is C14H17NO3. The van der Waals surface area contributed by atoms with Crippen molar-refractivity contribution in [2.24, 2.45) is 0 Å². The zero-order valence-corrected chi connectivity index (χ0v) is 10.8. The molecule has 96 valence electrons. The summed E-state index contributed by atoms with van der Waals surface area (Å²) >= 11 is 0. The molecule has 0 spiro atoms. The average molecular weight is 247 g/mol. The molecule has 0 aliphatic rings. The van der Waals surface area contributed by atoms with Gasteiger partial charge in [-0.2, -0.15) is 0 Å². The van der Waals surface area contributed by atoms with Crippen molar-refractivity contribution in [3.63, 3.8) is 0 Å². The molecule has 0 saturated heterocycles. The molecule has 0 fully saturated rings. The Kier molecular flexibility index (Phi) is 4.66. The van der Waals surface area contributed by atoms with Gasteiger partial charge in [-0.25, -0.2) is 4.79 Å². The van der Waals surface area contributed by atoms with Gasteiger partial charge in [0, 0.05) is 11.3 Å². The van der Waals surface area contributed by atoms with E-state index in [-0.39, 0.29) is 11.5 Å². The molecule has 4 heteroatoms. The predicted octanol–water partition coefficient (Wildman–Crippen LogP) is 2.99. The van der Waals surface area contributed by atoms with Crippen LogP contribution in [0.15, 0.2) is 29.8 Å². The molecule has 0 aliphatic carbocycles. The maximum atomic E-state index is 11.7. The standard InChI is InChI=1S/C14H17NO3/c1-4-5-10(3)13(16)15-11-7-6-9(2)12(8-11)14(17)18/h5-8H,4H2,1-3H3,(H,15,16)(H,17,18). The molecule has 1 rings (SSSR count). The van der Waals surface area contributed by atoms with Crippen molar-refractivity contribution in [3.05, 3.63) is 41.0 Å². The molecule has 0 unspecified atom stereocenters. The molecule has 0 aromatic heterocycles. The Morgan fingerprint density at radius 2 is 2.06 bits per heavy atom. The van der Waals surface area contributed by atoms with Gasteiger partial charge in [0.15, 0.2) is 0 Å². The lowest BCUT2D eigenvalue weighted by Crippen LogP contribution is -2.13. The number of carbonyl (C=O) groups excluding carboxylic acids is 1. The third-order valence-electron chi connectivity index (χ3n) is 2.59. The second-order valence-electron chi connectivity index (χ2n) is 4.08. The molecule has 1 aromatic rings. The highest BCUT2D eigenvalue weighted by atomic mass is 16.4. The number of benzene rings is 1. The zero-order valence-electron chi connectivity index (χ0n) is 10.8. The normalized spacial score (nSPS) is 11.2. The van der Waals surface area contributed by atoms with Crippen LogP contribution in [0.4, 0.5) is 5.69 Å². The fraction of sp³-hybridized carbons (Fsp3) is 0.286. The third-order valence-corrected chi connectivity index (χ3v) is 2.59. The molecule has 1 amide bonds. The number of nitrogens with one attached hydrogen (secondary N) is 1. The fourth-order valence-corrected chi connectivity index (χ4v) is 1.56. The van der Waals surface area contributed by atoms with E-state index in [4.69, 9.17) is 5.11 Å². The van der Waals surface area contributed by atoms with E-state index < -0.39 is 5.97 Å². The topological polar surface area (TPSA) is 66.4 Å². The van der Waals surface area contributed by atoms with E-state index in [1.807, 2.05) is 13.0 Å². The summed E-state index contributed by atoms with van der Waals surface area (Å²) in [5, 5.41) is 11.7. The van der Waals surface area contributed by atoms with Crippen molar-refractivity contribution >= 4 is 17.6 Å². The van der Waals surface area contributed by atoms with Gasteiger partial charge in [0.25, 0.3) is 5.91 Å². The van der Waals surface area contributed by atoms with E-state index in [1.54, 1.807) is 26.0 Å². The Bertz CT molecular complexity index is 504. The van der Waals surface area contributed by atoms with Crippen LogP contribution >= 0.6 is 0 Å². The summed E-state index contributed by atoms with van der Waals surface area (Å²) in [4.78, 5) is 22.7. The second kappa shape index (κ2) is 6.00. The number of aromatic carboxylic acids is 1. The molecule has 0 bridgehead atoms. The van der Waals surface area contributed by atoms with Crippen LogP contribution in [0.1, 0.15) is 36.2 Å². The first-order chi connectivity index (χ1) is 8.45. The highest BCUT2D eigenvalue weighted by molar-refractivity contribution is 6.04. The van der Waals surface area contributed by atoms with Gasteiger partial charge in [-0.05, 0) is 38.0 Å². The largest absolute Gasteiger partial charge is 0.478 e. The predicted molar refractivity (Wildman–Crippen MR) is 70.8 cm³/mol. The smallest absolute Gasteiger partial charge is 0.336 e. The zero-order chi connectivity index (χ0) is 13.7. The maximum absolute atomic E-state index is 11.7. The average Bonchev–Trinajstić information content (AvgIpc) is 2.31. The summed E-state index contributed by atoms with van der Waals surface area (Å²) in [5.74, 6) is -1.21. The van der Waals surface area contributed by atoms with Crippen LogP contribution < -0.4 is 5.32 Å². The number of carboxylic acids is 1. The van der Waals surface area contributed by atoms with Crippen molar-refractivity contribution in [3.8, 4) is 0 Å². The molecule has 0 saturated carbocycles. The Hall–Kier alpha value is -2.10. The van der Waals surface area contributed by atoms with Crippen LogP contribution in [0.25, 0.3) is 0 Å². The van der Waals surface area contributed by atoms with Gasteiger partial charge in [0.05, 0.1) is 5.56 Å². The summed E-state index contributed by atoms with van der Waals surface area (Å²) in [7, 11) is 0. The number of carboxylic acid groups (broad SMARTS) is 1. The SMILES string of the molecule is CCC=C(C)C(=O)Nc1ccc(C)c(C(=O)O)c1. The molecule has 0 atom stereocenters.